The summed E-state index contributed by atoms with van der Waals surface area (Å²) in [5.74, 6) is 0.0951. The number of nitrogens with one attached hydrogen (secondary N) is 1. The van der Waals surface area contributed by atoms with Crippen molar-refractivity contribution in [2.75, 3.05) is 0 Å². The summed E-state index contributed by atoms with van der Waals surface area (Å²) in [5, 5.41) is 3.89. The average molecular weight is 361 g/mol. The minimum Gasteiger partial charge on any atom is -0.347 e. The number of benzene rings is 1. The molecule has 122 valence electrons. The molecule has 5 nitrogen and oxygen atoms in total. The quantitative estimate of drug-likeness (QED) is 0.767. The number of aromatic nitrogens is 3. The Morgan fingerprint density at radius 2 is 2.04 bits per heavy atom. The molecule has 2 heterocycles. The number of hydrogen-bond donors (Lipinski definition) is 1. The lowest BCUT2D eigenvalue weighted by atomic mass is 9.93. The molecule has 0 saturated heterocycles. The Labute approximate surface area is 148 Å². The van der Waals surface area contributed by atoms with Crippen LogP contribution < -0.4 is 5.32 Å². The van der Waals surface area contributed by atoms with E-state index in [9.17, 15) is 4.79 Å². The molecule has 0 atom stereocenters. The zero-order chi connectivity index (χ0) is 16.7. The standard InChI is InChI=1S/C17H14Cl2N4O/c18-12-7-6-11(9-13(12)19)23-15-14(5-2-8-20-15)22-16(23)17(24)21-10-3-1-4-10/h2,5-10H,1,3-4H2,(H,21,24). The fourth-order valence-electron chi connectivity index (χ4n) is 2.74. The fraction of sp³-hybridized carbons (Fsp3) is 0.235. The number of nitrogens with zero attached hydrogens (tertiary/aromatic N) is 3. The van der Waals surface area contributed by atoms with Crippen LogP contribution in [0.2, 0.25) is 10.0 Å². The van der Waals surface area contributed by atoms with Gasteiger partial charge in [-0.3, -0.25) is 9.36 Å². The molecule has 0 bridgehead atoms. The van der Waals surface area contributed by atoms with E-state index in [1.807, 2.05) is 6.07 Å². The molecular weight excluding hydrogens is 347 g/mol. The van der Waals surface area contributed by atoms with E-state index in [4.69, 9.17) is 23.2 Å². The highest BCUT2D eigenvalue weighted by Gasteiger charge is 2.25. The van der Waals surface area contributed by atoms with Crippen molar-refractivity contribution in [3.05, 3.63) is 52.4 Å². The minimum absolute atomic E-state index is 0.205. The summed E-state index contributed by atoms with van der Waals surface area (Å²) in [6, 6.07) is 9.05. The third kappa shape index (κ3) is 2.64. The van der Waals surface area contributed by atoms with Crippen molar-refractivity contribution in [1.29, 1.82) is 0 Å². The van der Waals surface area contributed by atoms with E-state index in [0.29, 0.717) is 32.7 Å². The number of hydrogen-bond acceptors (Lipinski definition) is 3. The number of pyridine rings is 1. The highest BCUT2D eigenvalue weighted by atomic mass is 35.5. The lowest BCUT2D eigenvalue weighted by Gasteiger charge is -2.26. The minimum atomic E-state index is -0.205. The molecule has 1 N–H and O–H groups in total. The topological polar surface area (TPSA) is 59.8 Å². The Kier molecular flexibility index (Phi) is 3.90. The maximum Gasteiger partial charge on any atom is 0.287 e. The second-order valence-corrected chi connectivity index (χ2v) is 6.63. The SMILES string of the molecule is O=C(NC1CCC1)c1nc2cccnc2n1-c1ccc(Cl)c(Cl)c1. The van der Waals surface area contributed by atoms with Crippen LogP contribution in [0.1, 0.15) is 29.9 Å². The molecule has 1 aliphatic rings. The second-order valence-electron chi connectivity index (χ2n) is 5.82. The molecule has 3 aromatic rings. The molecule has 1 fully saturated rings. The molecule has 0 spiro atoms. The Bertz CT molecular complexity index is 933. The van der Waals surface area contributed by atoms with Gasteiger partial charge in [-0.1, -0.05) is 23.2 Å². The first-order valence-electron chi connectivity index (χ1n) is 7.73. The van der Waals surface area contributed by atoms with E-state index in [1.54, 1.807) is 35.0 Å². The van der Waals surface area contributed by atoms with Crippen molar-refractivity contribution in [2.45, 2.75) is 25.3 Å². The number of rotatable bonds is 3. The Hall–Kier alpha value is -2.11. The van der Waals surface area contributed by atoms with Gasteiger partial charge in [-0.25, -0.2) is 9.97 Å². The molecule has 1 amide bonds. The molecule has 1 aromatic carbocycles. The maximum atomic E-state index is 12.7. The first-order chi connectivity index (χ1) is 11.6. The largest absolute Gasteiger partial charge is 0.347 e. The summed E-state index contributed by atoms with van der Waals surface area (Å²) in [5.41, 5.74) is 1.96. The number of fused-ring (bicyclic) bond motifs is 1. The van der Waals surface area contributed by atoms with Crippen molar-refractivity contribution < 1.29 is 4.79 Å². The Morgan fingerprint density at radius 3 is 2.75 bits per heavy atom. The van der Waals surface area contributed by atoms with Gasteiger partial charge in [0.2, 0.25) is 5.82 Å². The van der Waals surface area contributed by atoms with Crippen LogP contribution in [0.5, 0.6) is 0 Å². The Morgan fingerprint density at radius 1 is 1.21 bits per heavy atom. The van der Waals surface area contributed by atoms with Crippen molar-refractivity contribution in [3.8, 4) is 5.69 Å². The van der Waals surface area contributed by atoms with Crippen LogP contribution in [0.25, 0.3) is 16.9 Å². The number of imidazole rings is 1. The molecule has 1 saturated carbocycles. The molecule has 7 heteroatoms. The number of carbonyl (C=O) groups is 1. The molecule has 4 rings (SSSR count). The van der Waals surface area contributed by atoms with E-state index < -0.39 is 0 Å². The summed E-state index contributed by atoms with van der Waals surface area (Å²) in [7, 11) is 0. The van der Waals surface area contributed by atoms with Gasteiger partial charge in [0.25, 0.3) is 5.91 Å². The lowest BCUT2D eigenvalue weighted by Crippen LogP contribution is -2.40. The van der Waals surface area contributed by atoms with Crippen molar-refractivity contribution in [1.82, 2.24) is 19.9 Å². The predicted molar refractivity (Wildman–Crippen MR) is 94.0 cm³/mol. The third-order valence-electron chi connectivity index (χ3n) is 4.22. The number of amides is 1. The van der Waals surface area contributed by atoms with Gasteiger partial charge < -0.3 is 5.32 Å². The van der Waals surface area contributed by atoms with Crippen molar-refractivity contribution in [2.24, 2.45) is 0 Å². The fourth-order valence-corrected chi connectivity index (χ4v) is 3.03. The highest BCUT2D eigenvalue weighted by molar-refractivity contribution is 6.42. The number of carbonyl (C=O) groups excluding carboxylic acids is 1. The van der Waals surface area contributed by atoms with Crippen LogP contribution in [-0.2, 0) is 0 Å². The van der Waals surface area contributed by atoms with Gasteiger partial charge in [-0.2, -0.15) is 0 Å². The first kappa shape index (κ1) is 15.4. The van der Waals surface area contributed by atoms with Crippen LogP contribution in [0.15, 0.2) is 36.5 Å². The molecule has 0 unspecified atom stereocenters. The van der Waals surface area contributed by atoms with Crippen LogP contribution in [-0.4, -0.2) is 26.5 Å². The summed E-state index contributed by atoms with van der Waals surface area (Å²) >= 11 is 12.1. The van der Waals surface area contributed by atoms with Crippen LogP contribution in [0.3, 0.4) is 0 Å². The van der Waals surface area contributed by atoms with Crippen LogP contribution in [0, 0.1) is 0 Å². The molecule has 24 heavy (non-hydrogen) atoms. The maximum absolute atomic E-state index is 12.7. The van der Waals surface area contributed by atoms with E-state index >= 15 is 0 Å². The molecule has 0 aliphatic heterocycles. The van der Waals surface area contributed by atoms with Gasteiger partial charge in [0.05, 0.1) is 15.7 Å². The van der Waals surface area contributed by atoms with Crippen LogP contribution >= 0.6 is 23.2 Å². The zero-order valence-electron chi connectivity index (χ0n) is 12.7. The van der Waals surface area contributed by atoms with E-state index in [1.165, 1.54) is 0 Å². The van der Waals surface area contributed by atoms with Gasteiger partial charge in [-0.15, -0.1) is 0 Å². The zero-order valence-corrected chi connectivity index (χ0v) is 14.2. The smallest absolute Gasteiger partial charge is 0.287 e. The number of halogens is 2. The van der Waals surface area contributed by atoms with Gasteiger partial charge in [0.1, 0.15) is 5.52 Å². The molecule has 1 aliphatic carbocycles. The van der Waals surface area contributed by atoms with Crippen LogP contribution in [0.4, 0.5) is 0 Å². The van der Waals surface area contributed by atoms with Gasteiger partial charge in [0, 0.05) is 12.2 Å². The average Bonchev–Trinajstić information content (AvgIpc) is 2.93. The molecule has 0 radical (unpaired) electrons. The Balaban J connectivity index is 1.86. The van der Waals surface area contributed by atoms with Gasteiger partial charge >= 0.3 is 0 Å². The highest BCUT2D eigenvalue weighted by Crippen LogP contribution is 2.27. The van der Waals surface area contributed by atoms with Crippen molar-refractivity contribution in [3.63, 3.8) is 0 Å². The summed E-state index contributed by atoms with van der Waals surface area (Å²) < 4.78 is 1.71. The van der Waals surface area contributed by atoms with Gasteiger partial charge in [-0.05, 0) is 49.6 Å². The van der Waals surface area contributed by atoms with Gasteiger partial charge in [0.15, 0.2) is 5.65 Å². The monoisotopic (exact) mass is 360 g/mol. The lowest BCUT2D eigenvalue weighted by molar-refractivity contribution is 0.0905. The summed E-state index contributed by atoms with van der Waals surface area (Å²) in [6.45, 7) is 0. The van der Waals surface area contributed by atoms with E-state index in [0.717, 1.165) is 19.3 Å². The predicted octanol–water partition coefficient (Wildman–Crippen LogP) is 4.01. The van der Waals surface area contributed by atoms with E-state index in [-0.39, 0.29) is 11.9 Å². The summed E-state index contributed by atoms with van der Waals surface area (Å²) in [6.07, 6.45) is 4.84. The third-order valence-corrected chi connectivity index (χ3v) is 4.96. The van der Waals surface area contributed by atoms with Crippen molar-refractivity contribution >= 4 is 40.3 Å². The summed E-state index contributed by atoms with van der Waals surface area (Å²) in [4.78, 5) is 21.5. The molecule has 2 aromatic heterocycles. The second kappa shape index (κ2) is 6.07. The normalized spacial score (nSPS) is 14.6. The molecular formula is C17H14Cl2N4O. The van der Waals surface area contributed by atoms with E-state index in [2.05, 4.69) is 15.3 Å². The first-order valence-corrected chi connectivity index (χ1v) is 8.49.